The number of fused-ring (bicyclic) bond motifs is 1. The van der Waals surface area contributed by atoms with E-state index >= 15 is 0 Å². The largest absolute Gasteiger partial charge is 0.298 e. The molecule has 12 heavy (non-hydrogen) atoms. The molecule has 0 aromatic rings. The van der Waals surface area contributed by atoms with Crippen LogP contribution >= 0.6 is 0 Å². The van der Waals surface area contributed by atoms with Crippen molar-refractivity contribution in [2.75, 3.05) is 0 Å². The normalized spacial score (nSPS) is 36.6. The van der Waals surface area contributed by atoms with Crippen molar-refractivity contribution in [1.29, 1.82) is 0 Å². The van der Waals surface area contributed by atoms with E-state index in [1.807, 2.05) is 0 Å². The maximum absolute atomic E-state index is 11.5. The van der Waals surface area contributed by atoms with Gasteiger partial charge in [0.05, 0.1) is 6.42 Å². The van der Waals surface area contributed by atoms with Gasteiger partial charge in [-0.05, 0) is 38.0 Å². The maximum atomic E-state index is 11.5. The standard InChI is InChI=1S/C11H14O/c1-2-3-4-11(12)10-6-8-5-9(8)7-10/h8-10H,4-7H2,1H3. The van der Waals surface area contributed by atoms with Crippen molar-refractivity contribution in [3.05, 3.63) is 0 Å². The van der Waals surface area contributed by atoms with Gasteiger partial charge in [-0.1, -0.05) is 5.92 Å². The molecular formula is C11H14O. The van der Waals surface area contributed by atoms with Crippen molar-refractivity contribution in [2.24, 2.45) is 17.8 Å². The lowest BCUT2D eigenvalue weighted by molar-refractivity contribution is -0.121. The Morgan fingerprint density at radius 3 is 2.58 bits per heavy atom. The lowest BCUT2D eigenvalue weighted by Crippen LogP contribution is -2.11. The second-order valence-corrected chi connectivity index (χ2v) is 3.99. The second-order valence-electron chi connectivity index (χ2n) is 3.99. The van der Waals surface area contributed by atoms with Crippen LogP contribution in [0.5, 0.6) is 0 Å². The van der Waals surface area contributed by atoms with Gasteiger partial charge in [0.25, 0.3) is 0 Å². The molecule has 0 radical (unpaired) electrons. The molecule has 2 rings (SSSR count). The summed E-state index contributed by atoms with van der Waals surface area (Å²) in [5.74, 6) is 8.21. The summed E-state index contributed by atoms with van der Waals surface area (Å²) in [6.07, 6.45) is 4.20. The van der Waals surface area contributed by atoms with Crippen LogP contribution in [0.1, 0.15) is 32.6 Å². The third-order valence-corrected chi connectivity index (χ3v) is 3.14. The van der Waals surface area contributed by atoms with Gasteiger partial charge in [-0.2, -0.15) is 0 Å². The van der Waals surface area contributed by atoms with Gasteiger partial charge in [0.1, 0.15) is 5.78 Å². The average Bonchev–Trinajstić information content (AvgIpc) is 2.69. The van der Waals surface area contributed by atoms with E-state index in [1.54, 1.807) is 6.92 Å². The molecule has 0 spiro atoms. The van der Waals surface area contributed by atoms with Crippen molar-refractivity contribution in [3.63, 3.8) is 0 Å². The molecule has 2 aliphatic rings. The Labute approximate surface area is 73.5 Å². The van der Waals surface area contributed by atoms with E-state index in [-0.39, 0.29) is 0 Å². The molecule has 2 unspecified atom stereocenters. The predicted octanol–water partition coefficient (Wildman–Crippen LogP) is 2.02. The summed E-state index contributed by atoms with van der Waals surface area (Å²) in [5.41, 5.74) is 0. The number of hydrogen-bond donors (Lipinski definition) is 0. The summed E-state index contributed by atoms with van der Waals surface area (Å²) < 4.78 is 0. The monoisotopic (exact) mass is 162 g/mol. The molecule has 1 nitrogen and oxygen atoms in total. The molecule has 0 aliphatic heterocycles. The van der Waals surface area contributed by atoms with Crippen LogP contribution in [0.2, 0.25) is 0 Å². The zero-order valence-electron chi connectivity index (χ0n) is 7.47. The van der Waals surface area contributed by atoms with E-state index in [4.69, 9.17) is 0 Å². The molecule has 0 saturated heterocycles. The fraction of sp³-hybridized carbons (Fsp3) is 0.727. The Morgan fingerprint density at radius 1 is 1.33 bits per heavy atom. The minimum atomic E-state index is 0.370. The predicted molar refractivity (Wildman–Crippen MR) is 47.4 cm³/mol. The molecule has 0 aromatic carbocycles. The molecule has 0 aromatic heterocycles. The molecule has 0 bridgehead atoms. The van der Waals surface area contributed by atoms with Crippen LogP contribution in [0.4, 0.5) is 0 Å². The molecule has 2 atom stereocenters. The molecule has 0 N–H and O–H groups in total. The van der Waals surface area contributed by atoms with E-state index in [0.717, 1.165) is 24.7 Å². The van der Waals surface area contributed by atoms with Gasteiger partial charge in [0.15, 0.2) is 0 Å². The Kier molecular flexibility index (Phi) is 1.92. The number of Topliss-reactive ketones (excluding diaryl/α,β-unsaturated/α-hetero) is 1. The van der Waals surface area contributed by atoms with Crippen LogP contribution in [0.15, 0.2) is 0 Å². The SMILES string of the molecule is CC#CCC(=O)C1CC2CC2C1. The maximum Gasteiger partial charge on any atom is 0.147 e. The Morgan fingerprint density at radius 2 is 2.00 bits per heavy atom. The fourth-order valence-electron chi connectivity index (χ4n) is 2.30. The van der Waals surface area contributed by atoms with E-state index in [1.165, 1.54) is 6.42 Å². The lowest BCUT2D eigenvalue weighted by atomic mass is 9.96. The highest BCUT2D eigenvalue weighted by Gasteiger charge is 2.47. The van der Waals surface area contributed by atoms with Gasteiger partial charge >= 0.3 is 0 Å². The van der Waals surface area contributed by atoms with Crippen LogP contribution in [0.25, 0.3) is 0 Å². The van der Waals surface area contributed by atoms with Gasteiger partial charge < -0.3 is 0 Å². The van der Waals surface area contributed by atoms with Crippen LogP contribution < -0.4 is 0 Å². The van der Waals surface area contributed by atoms with Crippen molar-refractivity contribution < 1.29 is 4.79 Å². The number of carbonyl (C=O) groups is 1. The first kappa shape index (κ1) is 7.86. The Balaban J connectivity index is 1.83. The van der Waals surface area contributed by atoms with Crippen molar-refractivity contribution in [3.8, 4) is 11.8 Å². The zero-order chi connectivity index (χ0) is 8.55. The van der Waals surface area contributed by atoms with E-state index in [2.05, 4.69) is 11.8 Å². The van der Waals surface area contributed by atoms with E-state index in [0.29, 0.717) is 18.1 Å². The molecule has 2 saturated carbocycles. The number of carbonyl (C=O) groups excluding carboxylic acids is 1. The molecular weight excluding hydrogens is 148 g/mol. The highest BCUT2D eigenvalue weighted by molar-refractivity contribution is 5.83. The van der Waals surface area contributed by atoms with Gasteiger partial charge in [-0.15, -0.1) is 5.92 Å². The summed E-state index contributed by atoms with van der Waals surface area (Å²) >= 11 is 0. The third kappa shape index (κ3) is 1.39. The van der Waals surface area contributed by atoms with Crippen LogP contribution in [-0.2, 0) is 4.79 Å². The zero-order valence-corrected chi connectivity index (χ0v) is 7.47. The van der Waals surface area contributed by atoms with E-state index in [9.17, 15) is 4.79 Å². The quantitative estimate of drug-likeness (QED) is 0.568. The van der Waals surface area contributed by atoms with Crippen LogP contribution in [-0.4, -0.2) is 5.78 Å². The van der Waals surface area contributed by atoms with Gasteiger partial charge in [0.2, 0.25) is 0 Å². The molecule has 0 amide bonds. The number of ketones is 1. The molecule has 1 heteroatoms. The van der Waals surface area contributed by atoms with Crippen molar-refractivity contribution in [1.82, 2.24) is 0 Å². The first-order valence-corrected chi connectivity index (χ1v) is 4.73. The van der Waals surface area contributed by atoms with Gasteiger partial charge in [-0.3, -0.25) is 4.79 Å². The first-order valence-electron chi connectivity index (χ1n) is 4.73. The molecule has 2 fully saturated rings. The summed E-state index contributed by atoms with van der Waals surface area (Å²) in [7, 11) is 0. The molecule has 64 valence electrons. The Bertz CT molecular complexity index is 246. The summed E-state index contributed by atoms with van der Waals surface area (Å²) in [6, 6.07) is 0. The lowest BCUT2D eigenvalue weighted by Gasteiger charge is -2.06. The summed E-state index contributed by atoms with van der Waals surface area (Å²) in [6.45, 7) is 1.79. The third-order valence-electron chi connectivity index (χ3n) is 3.14. The topological polar surface area (TPSA) is 17.1 Å². The van der Waals surface area contributed by atoms with Crippen LogP contribution in [0.3, 0.4) is 0 Å². The van der Waals surface area contributed by atoms with Crippen molar-refractivity contribution in [2.45, 2.75) is 32.6 Å². The number of hydrogen-bond acceptors (Lipinski definition) is 1. The Hall–Kier alpha value is -0.770. The van der Waals surface area contributed by atoms with Gasteiger partial charge in [0, 0.05) is 5.92 Å². The van der Waals surface area contributed by atoms with Crippen LogP contribution in [0, 0.1) is 29.6 Å². The smallest absolute Gasteiger partial charge is 0.147 e. The summed E-state index contributed by atoms with van der Waals surface area (Å²) in [4.78, 5) is 11.5. The minimum absolute atomic E-state index is 0.370. The highest BCUT2D eigenvalue weighted by atomic mass is 16.1. The highest BCUT2D eigenvalue weighted by Crippen LogP contribution is 2.54. The second kappa shape index (κ2) is 2.94. The average molecular weight is 162 g/mol. The molecule has 0 heterocycles. The van der Waals surface area contributed by atoms with Crippen molar-refractivity contribution >= 4 is 5.78 Å². The number of rotatable bonds is 2. The molecule has 2 aliphatic carbocycles. The van der Waals surface area contributed by atoms with Gasteiger partial charge in [-0.25, -0.2) is 0 Å². The minimum Gasteiger partial charge on any atom is -0.298 e. The summed E-state index contributed by atoms with van der Waals surface area (Å²) in [5, 5.41) is 0. The first-order chi connectivity index (χ1) is 5.81. The fourth-order valence-corrected chi connectivity index (χ4v) is 2.30. The van der Waals surface area contributed by atoms with E-state index < -0.39 is 0 Å².